The summed E-state index contributed by atoms with van der Waals surface area (Å²) in [6.45, 7) is 0.826. The lowest BCUT2D eigenvalue weighted by Crippen LogP contribution is -2.26. The Bertz CT molecular complexity index is 620. The second-order valence-electron chi connectivity index (χ2n) is 4.37. The summed E-state index contributed by atoms with van der Waals surface area (Å²) < 4.78 is 7.14. The number of ether oxygens (including phenoxy) is 1. The summed E-state index contributed by atoms with van der Waals surface area (Å²) in [5, 5.41) is 7.41. The molecule has 0 fully saturated rings. The molecule has 1 amide bonds. The molecular weight excluding hydrogens is 290 g/mol. The summed E-state index contributed by atoms with van der Waals surface area (Å²) in [5.74, 6) is 0.554. The number of hydrogen-bond acceptors (Lipinski definition) is 3. The summed E-state index contributed by atoms with van der Waals surface area (Å²) in [6.07, 6.45) is 6.70. The zero-order chi connectivity index (χ0) is 15.1. The predicted octanol–water partition coefficient (Wildman–Crippen LogP) is 2.28. The second kappa shape index (κ2) is 7.50. The third-order valence-electron chi connectivity index (χ3n) is 2.64. The van der Waals surface area contributed by atoms with Crippen LogP contribution < -0.4 is 10.1 Å². The van der Waals surface area contributed by atoms with Gasteiger partial charge in [-0.25, -0.2) is 0 Å². The van der Waals surface area contributed by atoms with E-state index in [1.807, 2.05) is 13.2 Å². The monoisotopic (exact) mass is 305 g/mol. The van der Waals surface area contributed by atoms with Crippen molar-refractivity contribution in [3.8, 4) is 5.75 Å². The van der Waals surface area contributed by atoms with Crippen molar-refractivity contribution < 1.29 is 9.53 Å². The molecule has 21 heavy (non-hydrogen) atoms. The number of aryl methyl sites for hydroxylation is 1. The van der Waals surface area contributed by atoms with Gasteiger partial charge in [0.2, 0.25) is 5.91 Å². The molecule has 0 aliphatic heterocycles. The highest BCUT2D eigenvalue weighted by Crippen LogP contribution is 2.15. The Morgan fingerprint density at radius 3 is 2.86 bits per heavy atom. The molecule has 0 radical (unpaired) electrons. The van der Waals surface area contributed by atoms with Gasteiger partial charge < -0.3 is 10.1 Å². The normalized spacial score (nSPS) is 10.8. The van der Waals surface area contributed by atoms with E-state index in [0.717, 1.165) is 11.3 Å². The number of amides is 1. The third-order valence-corrected chi connectivity index (χ3v) is 2.89. The highest BCUT2D eigenvalue weighted by molar-refractivity contribution is 6.30. The Morgan fingerprint density at radius 1 is 1.43 bits per heavy atom. The summed E-state index contributed by atoms with van der Waals surface area (Å²) in [7, 11) is 1.82. The first kappa shape index (κ1) is 15.1. The molecule has 2 rings (SSSR count). The molecule has 2 aromatic rings. The SMILES string of the molecule is Cn1cc(C=CC(=O)NCCOc2ccc(Cl)cc2)cn1. The van der Waals surface area contributed by atoms with E-state index in [1.165, 1.54) is 6.08 Å². The van der Waals surface area contributed by atoms with Crippen LogP contribution in [0.1, 0.15) is 5.56 Å². The van der Waals surface area contributed by atoms with Crippen LogP contribution in [0.4, 0.5) is 0 Å². The first-order chi connectivity index (χ1) is 10.1. The first-order valence-corrected chi connectivity index (χ1v) is 6.84. The van der Waals surface area contributed by atoms with Crippen molar-refractivity contribution in [3.63, 3.8) is 0 Å². The van der Waals surface area contributed by atoms with Crippen molar-refractivity contribution in [2.24, 2.45) is 7.05 Å². The fourth-order valence-corrected chi connectivity index (χ4v) is 1.76. The van der Waals surface area contributed by atoms with Crippen LogP contribution in [0, 0.1) is 0 Å². The Kier molecular flexibility index (Phi) is 5.40. The fraction of sp³-hybridized carbons (Fsp3) is 0.200. The maximum Gasteiger partial charge on any atom is 0.244 e. The van der Waals surface area contributed by atoms with Gasteiger partial charge in [0.25, 0.3) is 0 Å². The van der Waals surface area contributed by atoms with Gasteiger partial charge in [-0.3, -0.25) is 9.48 Å². The molecule has 0 aliphatic rings. The largest absolute Gasteiger partial charge is 0.492 e. The van der Waals surface area contributed by atoms with Crippen molar-refractivity contribution in [2.45, 2.75) is 0 Å². The minimum Gasteiger partial charge on any atom is -0.492 e. The lowest BCUT2D eigenvalue weighted by Gasteiger charge is -2.06. The Hall–Kier alpha value is -2.27. The van der Waals surface area contributed by atoms with E-state index in [4.69, 9.17) is 16.3 Å². The average molecular weight is 306 g/mol. The van der Waals surface area contributed by atoms with E-state index in [2.05, 4.69) is 10.4 Å². The Balaban J connectivity index is 1.67. The van der Waals surface area contributed by atoms with E-state index in [9.17, 15) is 4.79 Å². The molecule has 5 nitrogen and oxygen atoms in total. The average Bonchev–Trinajstić information content (AvgIpc) is 2.89. The van der Waals surface area contributed by atoms with Crippen LogP contribution in [0.15, 0.2) is 42.7 Å². The van der Waals surface area contributed by atoms with Crippen molar-refractivity contribution >= 4 is 23.6 Å². The molecule has 0 unspecified atom stereocenters. The fourth-order valence-electron chi connectivity index (χ4n) is 1.63. The number of carbonyl (C=O) groups excluding carboxylic acids is 1. The van der Waals surface area contributed by atoms with E-state index in [0.29, 0.717) is 18.2 Å². The lowest BCUT2D eigenvalue weighted by atomic mass is 10.3. The lowest BCUT2D eigenvalue weighted by molar-refractivity contribution is -0.116. The summed E-state index contributed by atoms with van der Waals surface area (Å²) >= 11 is 5.78. The van der Waals surface area contributed by atoms with Crippen LogP contribution in [0.25, 0.3) is 6.08 Å². The van der Waals surface area contributed by atoms with Gasteiger partial charge in [0.05, 0.1) is 12.7 Å². The van der Waals surface area contributed by atoms with Crippen LogP contribution in [0.2, 0.25) is 5.02 Å². The molecule has 0 bridgehead atoms. The molecule has 1 N–H and O–H groups in total. The molecule has 0 atom stereocenters. The van der Waals surface area contributed by atoms with Gasteiger partial charge in [-0.1, -0.05) is 11.6 Å². The molecule has 6 heteroatoms. The van der Waals surface area contributed by atoms with Crippen LogP contribution in [0.3, 0.4) is 0 Å². The number of aromatic nitrogens is 2. The number of halogens is 1. The first-order valence-electron chi connectivity index (χ1n) is 6.46. The Labute approximate surface area is 128 Å². The minimum atomic E-state index is -0.168. The van der Waals surface area contributed by atoms with Crippen molar-refractivity contribution in [3.05, 3.63) is 53.3 Å². The van der Waals surface area contributed by atoms with Crippen molar-refractivity contribution in [1.82, 2.24) is 15.1 Å². The number of hydrogen-bond donors (Lipinski definition) is 1. The van der Waals surface area contributed by atoms with E-state index in [-0.39, 0.29) is 5.91 Å². The standard InChI is InChI=1S/C15H16ClN3O2/c1-19-11-12(10-18-19)2-7-15(20)17-8-9-21-14-5-3-13(16)4-6-14/h2-7,10-11H,8-9H2,1H3,(H,17,20). The van der Waals surface area contributed by atoms with Gasteiger partial charge >= 0.3 is 0 Å². The highest BCUT2D eigenvalue weighted by atomic mass is 35.5. The molecule has 0 aliphatic carbocycles. The molecule has 1 aromatic heterocycles. The van der Waals surface area contributed by atoms with Crippen molar-refractivity contribution in [2.75, 3.05) is 13.2 Å². The van der Waals surface area contributed by atoms with Gasteiger partial charge in [0.15, 0.2) is 0 Å². The van der Waals surface area contributed by atoms with Gasteiger partial charge in [0.1, 0.15) is 12.4 Å². The quantitative estimate of drug-likeness (QED) is 0.658. The highest BCUT2D eigenvalue weighted by Gasteiger charge is 1.97. The Morgan fingerprint density at radius 2 is 2.19 bits per heavy atom. The maximum atomic E-state index is 11.6. The topological polar surface area (TPSA) is 56.2 Å². The zero-order valence-electron chi connectivity index (χ0n) is 11.6. The number of rotatable bonds is 6. The molecule has 1 heterocycles. The van der Waals surface area contributed by atoms with E-state index in [1.54, 1.807) is 41.2 Å². The number of nitrogens with zero attached hydrogens (tertiary/aromatic N) is 2. The molecule has 1 aromatic carbocycles. The smallest absolute Gasteiger partial charge is 0.244 e. The second-order valence-corrected chi connectivity index (χ2v) is 4.81. The van der Waals surface area contributed by atoms with Crippen LogP contribution >= 0.6 is 11.6 Å². The molecule has 0 saturated heterocycles. The summed E-state index contributed by atoms with van der Waals surface area (Å²) in [6, 6.07) is 7.08. The third kappa shape index (κ3) is 5.31. The van der Waals surface area contributed by atoms with Crippen molar-refractivity contribution in [1.29, 1.82) is 0 Å². The minimum absolute atomic E-state index is 0.168. The number of nitrogens with one attached hydrogen (secondary N) is 1. The van der Waals surface area contributed by atoms with Gasteiger partial charge in [0, 0.05) is 29.9 Å². The van der Waals surface area contributed by atoms with Gasteiger partial charge in [-0.15, -0.1) is 0 Å². The molecule has 0 saturated carbocycles. The van der Waals surface area contributed by atoms with Gasteiger partial charge in [-0.05, 0) is 30.3 Å². The van der Waals surface area contributed by atoms with Crippen LogP contribution in [-0.2, 0) is 11.8 Å². The maximum absolute atomic E-state index is 11.6. The van der Waals surface area contributed by atoms with Crippen LogP contribution in [-0.4, -0.2) is 28.8 Å². The zero-order valence-corrected chi connectivity index (χ0v) is 12.4. The van der Waals surface area contributed by atoms with Gasteiger partial charge in [-0.2, -0.15) is 5.10 Å². The summed E-state index contributed by atoms with van der Waals surface area (Å²) in [5.41, 5.74) is 0.880. The molecular formula is C15H16ClN3O2. The van der Waals surface area contributed by atoms with E-state index < -0.39 is 0 Å². The number of benzene rings is 1. The predicted molar refractivity (Wildman–Crippen MR) is 82.2 cm³/mol. The molecule has 110 valence electrons. The molecule has 0 spiro atoms. The number of carbonyl (C=O) groups is 1. The van der Waals surface area contributed by atoms with Crippen LogP contribution in [0.5, 0.6) is 5.75 Å². The van der Waals surface area contributed by atoms with E-state index >= 15 is 0 Å². The summed E-state index contributed by atoms with van der Waals surface area (Å²) in [4.78, 5) is 11.6.